The van der Waals surface area contributed by atoms with Gasteiger partial charge in [0.15, 0.2) is 0 Å². The van der Waals surface area contributed by atoms with Gasteiger partial charge < -0.3 is 10.3 Å². The monoisotopic (exact) mass is 348 g/mol. The Kier molecular flexibility index (Phi) is 4.01. The lowest BCUT2D eigenvalue weighted by Crippen LogP contribution is -2.23. The van der Waals surface area contributed by atoms with Crippen LogP contribution in [0.25, 0.3) is 22.2 Å². The van der Waals surface area contributed by atoms with Gasteiger partial charge >= 0.3 is 0 Å². The first kappa shape index (κ1) is 16.1. The van der Waals surface area contributed by atoms with Crippen molar-refractivity contribution in [1.29, 1.82) is 0 Å². The number of nitrogens with zero attached hydrogens (tertiary/aromatic N) is 1. The molecule has 0 unspecified atom stereocenters. The van der Waals surface area contributed by atoms with Gasteiger partial charge in [0.2, 0.25) is 0 Å². The molecule has 26 heavy (non-hydrogen) atoms. The van der Waals surface area contributed by atoms with Crippen molar-refractivity contribution in [1.82, 2.24) is 20.5 Å². The normalized spacial score (nSPS) is 11.0. The maximum Gasteiger partial charge on any atom is 0.269 e. The Balaban J connectivity index is 1.60. The zero-order valence-corrected chi connectivity index (χ0v) is 14.1. The smallest absolute Gasteiger partial charge is 0.269 e. The molecule has 0 aliphatic carbocycles. The van der Waals surface area contributed by atoms with Gasteiger partial charge in [-0.1, -0.05) is 6.07 Å². The molecule has 1 amide bonds. The number of H-pyrrole nitrogens is 2. The van der Waals surface area contributed by atoms with Crippen molar-refractivity contribution in [3.63, 3.8) is 0 Å². The molecule has 0 atom stereocenters. The van der Waals surface area contributed by atoms with Crippen LogP contribution in [0.1, 0.15) is 21.6 Å². The zero-order chi connectivity index (χ0) is 18.1. The molecule has 0 bridgehead atoms. The minimum Gasteiger partial charge on any atom is -0.354 e. The first-order valence-electron chi connectivity index (χ1n) is 8.26. The van der Waals surface area contributed by atoms with Crippen molar-refractivity contribution in [2.24, 2.45) is 0 Å². The SMILES string of the molecule is Cc1c(-c2ccc(F)cc2)[nH]c2ccc(CNC(=O)c3ccn[nH]3)cc12. The van der Waals surface area contributed by atoms with Crippen LogP contribution in [-0.2, 0) is 6.54 Å². The molecule has 0 fully saturated rings. The van der Waals surface area contributed by atoms with Gasteiger partial charge in [-0.05, 0) is 66.1 Å². The third-order valence-electron chi connectivity index (χ3n) is 4.45. The van der Waals surface area contributed by atoms with Crippen LogP contribution in [0.5, 0.6) is 0 Å². The second-order valence-electron chi connectivity index (χ2n) is 6.16. The summed E-state index contributed by atoms with van der Waals surface area (Å²) in [5.74, 6) is -0.446. The van der Waals surface area contributed by atoms with E-state index in [9.17, 15) is 9.18 Å². The highest BCUT2D eigenvalue weighted by Crippen LogP contribution is 2.30. The molecule has 0 radical (unpaired) electrons. The summed E-state index contributed by atoms with van der Waals surface area (Å²) in [5.41, 5.74) is 5.44. The van der Waals surface area contributed by atoms with Gasteiger partial charge in [-0.15, -0.1) is 0 Å². The van der Waals surface area contributed by atoms with Crippen molar-refractivity contribution in [2.75, 3.05) is 0 Å². The molecular weight excluding hydrogens is 331 g/mol. The molecular formula is C20H17FN4O. The van der Waals surface area contributed by atoms with Crippen LogP contribution in [0.2, 0.25) is 0 Å². The maximum atomic E-state index is 13.2. The number of carbonyl (C=O) groups is 1. The van der Waals surface area contributed by atoms with E-state index in [2.05, 4.69) is 26.6 Å². The summed E-state index contributed by atoms with van der Waals surface area (Å²) in [6.45, 7) is 2.45. The van der Waals surface area contributed by atoms with Gasteiger partial charge in [-0.3, -0.25) is 9.89 Å². The summed E-state index contributed by atoms with van der Waals surface area (Å²) in [7, 11) is 0. The standard InChI is InChI=1S/C20H17FN4O/c1-12-16-10-13(11-22-20(26)18-8-9-23-25-18)2-7-17(16)24-19(12)14-3-5-15(21)6-4-14/h2-10,24H,11H2,1H3,(H,22,26)(H,23,25). The third kappa shape index (κ3) is 2.97. The van der Waals surface area contributed by atoms with Crippen LogP contribution in [0.15, 0.2) is 54.7 Å². The van der Waals surface area contributed by atoms with Crippen LogP contribution in [0, 0.1) is 12.7 Å². The van der Waals surface area contributed by atoms with Gasteiger partial charge in [0, 0.05) is 29.3 Å². The Morgan fingerprint density at radius 1 is 1.15 bits per heavy atom. The van der Waals surface area contributed by atoms with Gasteiger partial charge in [0.25, 0.3) is 5.91 Å². The van der Waals surface area contributed by atoms with Crippen molar-refractivity contribution >= 4 is 16.8 Å². The molecule has 6 heteroatoms. The number of fused-ring (bicyclic) bond motifs is 1. The maximum absolute atomic E-state index is 13.2. The summed E-state index contributed by atoms with van der Waals surface area (Å²) >= 11 is 0. The fourth-order valence-corrected chi connectivity index (χ4v) is 3.05. The third-order valence-corrected chi connectivity index (χ3v) is 4.45. The Bertz CT molecular complexity index is 1070. The molecule has 4 aromatic rings. The Hall–Kier alpha value is -3.41. The minimum atomic E-state index is -0.252. The van der Waals surface area contributed by atoms with Gasteiger partial charge in [0.1, 0.15) is 11.5 Å². The number of benzene rings is 2. The van der Waals surface area contributed by atoms with E-state index in [0.29, 0.717) is 12.2 Å². The topological polar surface area (TPSA) is 73.6 Å². The summed E-state index contributed by atoms with van der Waals surface area (Å²) in [5, 5.41) is 10.4. The first-order valence-corrected chi connectivity index (χ1v) is 8.26. The van der Waals surface area contributed by atoms with E-state index in [0.717, 1.165) is 33.3 Å². The molecule has 0 saturated heterocycles. The first-order chi connectivity index (χ1) is 12.6. The van der Waals surface area contributed by atoms with Crippen molar-refractivity contribution in [3.05, 3.63) is 77.4 Å². The van der Waals surface area contributed by atoms with Gasteiger partial charge in [-0.25, -0.2) is 4.39 Å². The number of amides is 1. The Labute approximate surface area is 149 Å². The number of nitrogens with one attached hydrogen (secondary N) is 3. The van der Waals surface area contributed by atoms with E-state index in [1.807, 2.05) is 19.1 Å². The van der Waals surface area contributed by atoms with E-state index >= 15 is 0 Å². The number of hydrogen-bond acceptors (Lipinski definition) is 2. The number of aromatic nitrogens is 3. The van der Waals surface area contributed by atoms with E-state index in [1.54, 1.807) is 24.4 Å². The molecule has 130 valence electrons. The molecule has 0 aliphatic rings. The summed E-state index contributed by atoms with van der Waals surface area (Å²) in [4.78, 5) is 15.4. The Morgan fingerprint density at radius 2 is 1.96 bits per heavy atom. The molecule has 0 spiro atoms. The number of halogens is 1. The minimum absolute atomic E-state index is 0.194. The quantitative estimate of drug-likeness (QED) is 0.523. The number of carbonyl (C=O) groups excluding carboxylic acids is 1. The molecule has 5 nitrogen and oxygen atoms in total. The number of aromatic amines is 2. The number of aryl methyl sites for hydroxylation is 1. The predicted molar refractivity (Wildman–Crippen MR) is 98.2 cm³/mol. The van der Waals surface area contributed by atoms with E-state index in [1.165, 1.54) is 12.1 Å². The van der Waals surface area contributed by atoms with E-state index < -0.39 is 0 Å². The lowest BCUT2D eigenvalue weighted by atomic mass is 10.0. The molecule has 3 N–H and O–H groups in total. The average molecular weight is 348 g/mol. The highest BCUT2D eigenvalue weighted by molar-refractivity contribution is 5.93. The van der Waals surface area contributed by atoms with Crippen LogP contribution in [-0.4, -0.2) is 21.1 Å². The number of hydrogen-bond donors (Lipinski definition) is 3. The van der Waals surface area contributed by atoms with E-state index in [4.69, 9.17) is 0 Å². The molecule has 2 heterocycles. The van der Waals surface area contributed by atoms with Gasteiger partial charge in [0.05, 0.1) is 0 Å². The summed E-state index contributed by atoms with van der Waals surface area (Å²) < 4.78 is 13.2. The van der Waals surface area contributed by atoms with Gasteiger partial charge in [-0.2, -0.15) is 5.10 Å². The zero-order valence-electron chi connectivity index (χ0n) is 14.1. The largest absolute Gasteiger partial charge is 0.354 e. The fourth-order valence-electron chi connectivity index (χ4n) is 3.05. The van der Waals surface area contributed by atoms with E-state index in [-0.39, 0.29) is 11.7 Å². The lowest BCUT2D eigenvalue weighted by molar-refractivity contribution is 0.0946. The van der Waals surface area contributed by atoms with Crippen molar-refractivity contribution < 1.29 is 9.18 Å². The predicted octanol–water partition coefficient (Wildman–Crippen LogP) is 3.94. The second-order valence-corrected chi connectivity index (χ2v) is 6.16. The number of rotatable bonds is 4. The van der Waals surface area contributed by atoms with Crippen LogP contribution in [0.3, 0.4) is 0 Å². The second kappa shape index (κ2) is 6.48. The molecule has 0 aliphatic heterocycles. The molecule has 2 aromatic carbocycles. The van der Waals surface area contributed by atoms with Crippen LogP contribution >= 0.6 is 0 Å². The summed E-state index contributed by atoms with van der Waals surface area (Å²) in [6, 6.07) is 14.1. The highest BCUT2D eigenvalue weighted by Gasteiger charge is 2.11. The average Bonchev–Trinajstić information content (AvgIpc) is 3.29. The van der Waals surface area contributed by atoms with Crippen molar-refractivity contribution in [2.45, 2.75) is 13.5 Å². The van der Waals surface area contributed by atoms with Crippen LogP contribution in [0.4, 0.5) is 4.39 Å². The molecule has 0 saturated carbocycles. The molecule has 4 rings (SSSR count). The highest BCUT2D eigenvalue weighted by atomic mass is 19.1. The van der Waals surface area contributed by atoms with Crippen molar-refractivity contribution in [3.8, 4) is 11.3 Å². The summed E-state index contributed by atoms with van der Waals surface area (Å²) in [6.07, 6.45) is 1.54. The van der Waals surface area contributed by atoms with Crippen LogP contribution < -0.4 is 5.32 Å². The lowest BCUT2D eigenvalue weighted by Gasteiger charge is -2.04. The Morgan fingerprint density at radius 3 is 2.69 bits per heavy atom. The fraction of sp³-hybridized carbons (Fsp3) is 0.100. The molecule has 2 aromatic heterocycles.